The van der Waals surface area contributed by atoms with Gasteiger partial charge < -0.3 is 19.9 Å². The Morgan fingerprint density at radius 3 is 2.64 bits per heavy atom. The molecule has 2 aliphatic rings. The third kappa shape index (κ3) is 6.79. The topological polar surface area (TPSA) is 108 Å². The maximum Gasteiger partial charge on any atom is 0.410 e. The highest BCUT2D eigenvalue weighted by Gasteiger charge is 2.27. The molecule has 2 N–H and O–H groups in total. The molecule has 10 heteroatoms. The van der Waals surface area contributed by atoms with Crippen LogP contribution >= 0.6 is 0 Å². The van der Waals surface area contributed by atoms with E-state index in [1.807, 2.05) is 36.4 Å². The molecule has 3 aromatic heterocycles. The summed E-state index contributed by atoms with van der Waals surface area (Å²) in [5, 5.41) is 8.35. The first kappa shape index (κ1) is 27.2. The van der Waals surface area contributed by atoms with Gasteiger partial charge in [0.15, 0.2) is 0 Å². The zero-order chi connectivity index (χ0) is 27.6. The van der Waals surface area contributed by atoms with E-state index in [9.17, 15) is 9.59 Å². The lowest BCUT2D eigenvalue weighted by atomic mass is 9.92. The quantitative estimate of drug-likeness (QED) is 0.430. The van der Waals surface area contributed by atoms with Crippen LogP contribution in [0.25, 0.3) is 10.9 Å². The minimum absolute atomic E-state index is 0.215. The van der Waals surface area contributed by atoms with E-state index in [1.54, 1.807) is 18.6 Å². The number of hydrogen-bond donors (Lipinski definition) is 2. The van der Waals surface area contributed by atoms with Crippen LogP contribution in [0.4, 0.5) is 10.6 Å². The Morgan fingerprint density at radius 2 is 1.92 bits per heavy atom. The molecule has 0 aliphatic carbocycles. The smallest absolute Gasteiger partial charge is 0.410 e. The number of nitrogens with zero attached hydrogens (tertiary/aromatic N) is 5. The van der Waals surface area contributed by atoms with Gasteiger partial charge in [0.25, 0.3) is 5.91 Å². The molecule has 2 amide bonds. The second kappa shape index (κ2) is 11.4. The van der Waals surface area contributed by atoms with Crippen molar-refractivity contribution in [2.45, 2.75) is 77.5 Å². The predicted molar refractivity (Wildman–Crippen MR) is 151 cm³/mol. The number of pyridine rings is 1. The van der Waals surface area contributed by atoms with E-state index >= 15 is 0 Å². The van der Waals surface area contributed by atoms with Gasteiger partial charge in [0.1, 0.15) is 11.4 Å². The minimum Gasteiger partial charge on any atom is -0.444 e. The van der Waals surface area contributed by atoms with E-state index in [0.29, 0.717) is 23.3 Å². The van der Waals surface area contributed by atoms with Crippen LogP contribution in [-0.4, -0.2) is 73.8 Å². The predicted octanol–water partition coefficient (Wildman–Crippen LogP) is 5.21. The van der Waals surface area contributed by atoms with Crippen LogP contribution in [0.1, 0.15) is 81.4 Å². The first-order chi connectivity index (χ1) is 18.6. The molecule has 39 heavy (non-hydrogen) atoms. The molecule has 2 aliphatic heterocycles. The average molecular weight is 536 g/mol. The van der Waals surface area contributed by atoms with Crippen LogP contribution < -0.4 is 5.32 Å². The third-order valence-electron chi connectivity index (χ3n) is 7.81. The van der Waals surface area contributed by atoms with Gasteiger partial charge in [0.2, 0.25) is 0 Å². The zero-order valence-corrected chi connectivity index (χ0v) is 23.6. The molecule has 1 atom stereocenters. The number of ether oxygens (including phenoxy) is 1. The van der Waals surface area contributed by atoms with Crippen molar-refractivity contribution in [2.75, 3.05) is 32.0 Å². The Labute approximate surface area is 230 Å². The lowest BCUT2D eigenvalue weighted by Gasteiger charge is -2.33. The number of fused-ring (bicyclic) bond motifs is 1. The van der Waals surface area contributed by atoms with Crippen LogP contribution in [0.5, 0.6) is 0 Å². The first-order valence-electron chi connectivity index (χ1n) is 14.2. The number of amides is 2. The number of aromatic nitrogens is 4. The monoisotopic (exact) mass is 535 g/mol. The van der Waals surface area contributed by atoms with E-state index in [-0.39, 0.29) is 12.0 Å². The highest BCUT2D eigenvalue weighted by Crippen LogP contribution is 2.32. The number of carbonyl (C=O) groups excluding carboxylic acids is 2. The van der Waals surface area contributed by atoms with Gasteiger partial charge in [0, 0.05) is 55.2 Å². The fraction of sp³-hybridized carbons (Fsp3) is 0.586. The van der Waals surface area contributed by atoms with Gasteiger partial charge >= 0.3 is 6.09 Å². The molecule has 5 heterocycles. The number of aryl methyl sites for hydroxylation is 1. The molecule has 2 saturated heterocycles. The number of likely N-dealkylation sites (tertiary alicyclic amines) is 2. The van der Waals surface area contributed by atoms with Crippen molar-refractivity contribution < 1.29 is 14.3 Å². The summed E-state index contributed by atoms with van der Waals surface area (Å²) in [7, 11) is 2.16. The molecule has 0 spiro atoms. The van der Waals surface area contributed by atoms with Gasteiger partial charge in [-0.15, -0.1) is 0 Å². The van der Waals surface area contributed by atoms with Gasteiger partial charge in [-0.3, -0.25) is 14.4 Å². The summed E-state index contributed by atoms with van der Waals surface area (Å²) in [6, 6.07) is 4.46. The fourth-order valence-corrected chi connectivity index (χ4v) is 5.66. The molecule has 0 saturated carbocycles. The lowest BCUT2D eigenvalue weighted by molar-refractivity contribution is 0.0180. The molecule has 2 fully saturated rings. The van der Waals surface area contributed by atoms with Crippen LogP contribution in [0.15, 0.2) is 30.7 Å². The van der Waals surface area contributed by atoms with Crippen molar-refractivity contribution in [1.82, 2.24) is 29.5 Å². The SMILES string of the molecule is CN1CCC[C@@H]1c1cc2cnc(NC(=O)c3cnn(CCCC4CCN(C(=O)OC(C)(C)C)CC4)c3)cc2[nH]1. The number of rotatable bonds is 7. The number of carbonyl (C=O) groups is 2. The van der Waals surface area contributed by atoms with Crippen molar-refractivity contribution >= 4 is 28.7 Å². The van der Waals surface area contributed by atoms with Crippen molar-refractivity contribution in [1.29, 1.82) is 0 Å². The Morgan fingerprint density at radius 1 is 1.13 bits per heavy atom. The Hall–Kier alpha value is -3.40. The number of nitrogens with one attached hydrogen (secondary N) is 2. The third-order valence-corrected chi connectivity index (χ3v) is 7.81. The zero-order valence-electron chi connectivity index (χ0n) is 23.6. The maximum absolute atomic E-state index is 12.9. The van der Waals surface area contributed by atoms with Crippen molar-refractivity contribution in [3.05, 3.63) is 42.0 Å². The van der Waals surface area contributed by atoms with Gasteiger partial charge in [-0.1, -0.05) is 0 Å². The highest BCUT2D eigenvalue weighted by atomic mass is 16.6. The summed E-state index contributed by atoms with van der Waals surface area (Å²) in [5.74, 6) is 0.890. The van der Waals surface area contributed by atoms with Crippen molar-refractivity contribution in [3.8, 4) is 0 Å². The van der Waals surface area contributed by atoms with Crippen LogP contribution in [-0.2, 0) is 11.3 Å². The summed E-state index contributed by atoms with van der Waals surface area (Å²) in [4.78, 5) is 37.3. The van der Waals surface area contributed by atoms with Crippen LogP contribution in [0.2, 0.25) is 0 Å². The number of hydrogen-bond acceptors (Lipinski definition) is 6. The summed E-state index contributed by atoms with van der Waals surface area (Å²) >= 11 is 0. The second-order valence-corrected chi connectivity index (χ2v) is 12.0. The van der Waals surface area contributed by atoms with E-state index in [0.717, 1.165) is 69.2 Å². The molecule has 5 rings (SSSR count). The first-order valence-corrected chi connectivity index (χ1v) is 14.2. The van der Waals surface area contributed by atoms with Gasteiger partial charge in [0.05, 0.1) is 17.3 Å². The second-order valence-electron chi connectivity index (χ2n) is 12.0. The summed E-state index contributed by atoms with van der Waals surface area (Å²) in [5.41, 5.74) is 2.23. The van der Waals surface area contributed by atoms with E-state index in [2.05, 4.69) is 38.4 Å². The molecule has 0 bridgehead atoms. The Balaban J connectivity index is 1.08. The van der Waals surface area contributed by atoms with E-state index < -0.39 is 5.60 Å². The van der Waals surface area contributed by atoms with E-state index in [1.165, 1.54) is 12.1 Å². The Bertz CT molecular complexity index is 1300. The van der Waals surface area contributed by atoms with E-state index in [4.69, 9.17) is 4.74 Å². The number of piperidine rings is 1. The normalized spacial score (nSPS) is 19.1. The molecule has 210 valence electrons. The maximum atomic E-state index is 12.9. The highest BCUT2D eigenvalue weighted by molar-refractivity contribution is 6.04. The van der Waals surface area contributed by atoms with Crippen LogP contribution in [0.3, 0.4) is 0 Å². The lowest BCUT2D eigenvalue weighted by Crippen LogP contribution is -2.41. The van der Waals surface area contributed by atoms with Crippen molar-refractivity contribution in [3.63, 3.8) is 0 Å². The van der Waals surface area contributed by atoms with Gasteiger partial charge in [-0.05, 0) is 84.9 Å². The molecular weight excluding hydrogens is 494 g/mol. The molecule has 0 aromatic carbocycles. The summed E-state index contributed by atoms with van der Waals surface area (Å²) < 4.78 is 7.32. The summed E-state index contributed by atoms with van der Waals surface area (Å²) in [6.07, 6.45) is 11.4. The molecular formula is C29H41N7O3. The molecule has 0 unspecified atom stereocenters. The number of aromatic amines is 1. The fourth-order valence-electron chi connectivity index (χ4n) is 5.66. The summed E-state index contributed by atoms with van der Waals surface area (Å²) in [6.45, 7) is 9.04. The molecule has 10 nitrogen and oxygen atoms in total. The van der Waals surface area contributed by atoms with Gasteiger partial charge in [-0.25, -0.2) is 9.78 Å². The minimum atomic E-state index is -0.462. The molecule has 0 radical (unpaired) electrons. The number of anilines is 1. The number of H-pyrrole nitrogens is 1. The average Bonchev–Trinajstić information content (AvgIpc) is 3.62. The molecule has 3 aromatic rings. The largest absolute Gasteiger partial charge is 0.444 e. The Kier molecular flexibility index (Phi) is 7.93. The van der Waals surface area contributed by atoms with Gasteiger partial charge in [-0.2, -0.15) is 5.10 Å². The van der Waals surface area contributed by atoms with Crippen molar-refractivity contribution in [2.24, 2.45) is 5.92 Å². The van der Waals surface area contributed by atoms with Crippen LogP contribution in [0, 0.1) is 5.92 Å². The standard InChI is InChI=1S/C29H41N7O3/c1-29(2,3)39-28(38)35-13-9-20(10-14-35)7-5-12-36-19-22(18-31-36)27(37)33-26-16-23-21(17-30-26)15-24(32-23)25-8-6-11-34(25)4/h15-20,25,32H,5-14H2,1-4H3,(H,30,33,37)/t25-/m1/s1.